The highest BCUT2D eigenvalue weighted by Crippen LogP contribution is 2.27. The molecule has 1 aliphatic heterocycles. The fourth-order valence-electron chi connectivity index (χ4n) is 2.32. The van der Waals surface area contributed by atoms with Gasteiger partial charge in [0.1, 0.15) is 0 Å². The van der Waals surface area contributed by atoms with Crippen molar-refractivity contribution in [2.45, 2.75) is 6.92 Å². The number of nitrogens with zero attached hydrogens (tertiary/aromatic N) is 3. The van der Waals surface area contributed by atoms with Crippen LogP contribution in [-0.4, -0.2) is 16.5 Å². The molecule has 24 heavy (non-hydrogen) atoms. The molecule has 1 heterocycles. The van der Waals surface area contributed by atoms with Gasteiger partial charge < -0.3 is 0 Å². The number of amides is 1. The lowest BCUT2D eigenvalue weighted by Crippen LogP contribution is -2.21. The van der Waals surface area contributed by atoms with Crippen molar-refractivity contribution in [3.63, 3.8) is 0 Å². The van der Waals surface area contributed by atoms with Gasteiger partial charge in [-0.25, -0.2) is 0 Å². The predicted molar refractivity (Wildman–Crippen MR) is 93.1 cm³/mol. The van der Waals surface area contributed by atoms with E-state index in [9.17, 15) is 14.9 Å². The van der Waals surface area contributed by atoms with Crippen LogP contribution in [0.25, 0.3) is 6.08 Å². The van der Waals surface area contributed by atoms with Crippen LogP contribution in [0.3, 0.4) is 0 Å². The van der Waals surface area contributed by atoms with Gasteiger partial charge in [-0.3, -0.25) is 14.9 Å². The van der Waals surface area contributed by atoms with Crippen LogP contribution in [0.2, 0.25) is 5.02 Å². The number of non-ortho nitro benzene ring substituents is 1. The van der Waals surface area contributed by atoms with Crippen LogP contribution >= 0.6 is 11.6 Å². The summed E-state index contributed by atoms with van der Waals surface area (Å²) in [6, 6.07) is 12.9. The van der Waals surface area contributed by atoms with Gasteiger partial charge in [0.15, 0.2) is 0 Å². The van der Waals surface area contributed by atoms with Crippen molar-refractivity contribution in [1.82, 2.24) is 0 Å². The molecular weight excluding hydrogens is 330 g/mol. The maximum absolute atomic E-state index is 12.6. The van der Waals surface area contributed by atoms with Crippen LogP contribution in [0, 0.1) is 10.1 Å². The first-order valence-corrected chi connectivity index (χ1v) is 7.46. The second-order valence-corrected chi connectivity index (χ2v) is 5.56. The topological polar surface area (TPSA) is 75.8 Å². The van der Waals surface area contributed by atoms with Crippen LogP contribution in [0.5, 0.6) is 0 Å². The zero-order chi connectivity index (χ0) is 17.3. The second kappa shape index (κ2) is 6.25. The molecule has 0 bridgehead atoms. The van der Waals surface area contributed by atoms with Gasteiger partial charge in [-0.15, -0.1) is 0 Å². The average Bonchev–Trinajstić information content (AvgIpc) is 2.85. The quantitative estimate of drug-likeness (QED) is 0.480. The number of hydrogen-bond donors (Lipinski definition) is 0. The molecule has 0 spiro atoms. The van der Waals surface area contributed by atoms with E-state index in [1.54, 1.807) is 19.1 Å². The lowest BCUT2D eigenvalue weighted by atomic mass is 10.1. The first-order chi connectivity index (χ1) is 11.5. The molecule has 0 atom stereocenters. The summed E-state index contributed by atoms with van der Waals surface area (Å²) in [5.41, 5.74) is 2.13. The molecule has 1 aliphatic rings. The van der Waals surface area contributed by atoms with Crippen LogP contribution in [0.15, 0.2) is 59.2 Å². The van der Waals surface area contributed by atoms with E-state index in [-0.39, 0.29) is 11.6 Å². The Bertz CT molecular complexity index is 888. The fourth-order valence-corrected chi connectivity index (χ4v) is 2.51. The minimum Gasteiger partial charge on any atom is -0.267 e. The van der Waals surface area contributed by atoms with Gasteiger partial charge in [-0.1, -0.05) is 29.8 Å². The number of carbonyl (C=O) groups is 1. The molecule has 0 aliphatic carbocycles. The van der Waals surface area contributed by atoms with E-state index in [2.05, 4.69) is 5.10 Å². The van der Waals surface area contributed by atoms with E-state index in [0.717, 1.165) is 5.56 Å². The number of rotatable bonds is 3. The highest BCUT2D eigenvalue weighted by Gasteiger charge is 2.29. The minimum absolute atomic E-state index is 0.0436. The largest absolute Gasteiger partial charge is 0.280 e. The molecule has 0 saturated carbocycles. The van der Waals surface area contributed by atoms with Crippen LogP contribution in [0.1, 0.15) is 12.5 Å². The van der Waals surface area contributed by atoms with Crippen molar-refractivity contribution in [2.75, 3.05) is 5.01 Å². The standard InChI is InChI=1S/C17H12ClN3O3/c1-11-15(10-12-4-2-3-5-16(12)18)17(22)20(19-11)13-6-8-14(9-7-13)21(23)24/h2-10H,1H3/b15-10-. The minimum atomic E-state index is -0.493. The van der Waals surface area contributed by atoms with E-state index in [4.69, 9.17) is 11.6 Å². The van der Waals surface area contributed by atoms with Crippen LogP contribution < -0.4 is 5.01 Å². The third-order valence-corrected chi connectivity index (χ3v) is 3.92. The summed E-state index contributed by atoms with van der Waals surface area (Å²) in [5.74, 6) is -0.304. The molecular formula is C17H12ClN3O3. The molecule has 120 valence electrons. The predicted octanol–water partition coefficient (Wildman–Crippen LogP) is 4.05. The Labute approximate surface area is 142 Å². The fraction of sp³-hybridized carbons (Fsp3) is 0.0588. The summed E-state index contributed by atoms with van der Waals surface area (Å²) in [6.45, 7) is 1.73. The van der Waals surface area contributed by atoms with Gasteiger partial charge in [-0.2, -0.15) is 10.1 Å². The number of benzene rings is 2. The number of halogens is 1. The van der Waals surface area contributed by atoms with Crippen molar-refractivity contribution in [1.29, 1.82) is 0 Å². The highest BCUT2D eigenvalue weighted by atomic mass is 35.5. The number of nitro groups is 1. The van der Waals surface area contributed by atoms with Gasteiger partial charge in [0.2, 0.25) is 0 Å². The summed E-state index contributed by atoms with van der Waals surface area (Å²) in [5, 5.41) is 16.7. The number of nitro benzene ring substituents is 1. The Balaban J connectivity index is 1.93. The van der Waals surface area contributed by atoms with Crippen molar-refractivity contribution in [3.8, 4) is 0 Å². The molecule has 0 N–H and O–H groups in total. The highest BCUT2D eigenvalue weighted by molar-refractivity contribution is 6.34. The molecule has 2 aromatic carbocycles. The van der Waals surface area contributed by atoms with Crippen LogP contribution in [-0.2, 0) is 4.79 Å². The first-order valence-electron chi connectivity index (χ1n) is 7.08. The van der Waals surface area contributed by atoms with E-state index in [0.29, 0.717) is 22.0 Å². The molecule has 0 radical (unpaired) electrons. The lowest BCUT2D eigenvalue weighted by Gasteiger charge is -2.11. The summed E-state index contributed by atoms with van der Waals surface area (Å²) in [4.78, 5) is 22.8. The van der Waals surface area contributed by atoms with Crippen molar-refractivity contribution < 1.29 is 9.72 Å². The second-order valence-electron chi connectivity index (χ2n) is 5.16. The number of anilines is 1. The van der Waals surface area contributed by atoms with E-state index < -0.39 is 4.92 Å². The van der Waals surface area contributed by atoms with E-state index in [1.807, 2.05) is 18.2 Å². The summed E-state index contributed by atoms with van der Waals surface area (Å²) >= 11 is 6.13. The molecule has 6 nitrogen and oxygen atoms in total. The number of carbonyl (C=O) groups excluding carboxylic acids is 1. The zero-order valence-corrected chi connectivity index (χ0v) is 13.4. The first kappa shape index (κ1) is 15.9. The smallest absolute Gasteiger partial charge is 0.267 e. The normalized spacial score (nSPS) is 15.8. The molecule has 0 saturated heterocycles. The van der Waals surface area contributed by atoms with Crippen LogP contribution in [0.4, 0.5) is 11.4 Å². The molecule has 3 rings (SSSR count). The molecule has 2 aromatic rings. The van der Waals surface area contributed by atoms with Gasteiger partial charge in [0.25, 0.3) is 11.6 Å². The van der Waals surface area contributed by atoms with Gasteiger partial charge in [-0.05, 0) is 36.8 Å². The van der Waals surface area contributed by atoms with E-state index >= 15 is 0 Å². The molecule has 0 fully saturated rings. The maximum atomic E-state index is 12.6. The number of hydrogen-bond acceptors (Lipinski definition) is 4. The molecule has 0 aromatic heterocycles. The Hall–Kier alpha value is -2.99. The van der Waals surface area contributed by atoms with Crippen molar-refractivity contribution >= 4 is 40.7 Å². The van der Waals surface area contributed by atoms with Gasteiger partial charge >= 0.3 is 0 Å². The summed E-state index contributed by atoms with van der Waals surface area (Å²) in [6.07, 6.45) is 1.69. The monoisotopic (exact) mass is 341 g/mol. The molecule has 0 unspecified atom stereocenters. The molecule has 7 heteroatoms. The Morgan fingerprint density at radius 1 is 1.17 bits per heavy atom. The Morgan fingerprint density at radius 2 is 1.83 bits per heavy atom. The van der Waals surface area contributed by atoms with Crippen molar-refractivity contribution in [3.05, 3.63) is 74.8 Å². The third-order valence-electron chi connectivity index (χ3n) is 3.57. The van der Waals surface area contributed by atoms with Gasteiger partial charge in [0.05, 0.1) is 21.9 Å². The maximum Gasteiger partial charge on any atom is 0.280 e. The lowest BCUT2D eigenvalue weighted by molar-refractivity contribution is -0.384. The molecule has 1 amide bonds. The Kier molecular flexibility index (Phi) is 4.14. The average molecular weight is 342 g/mol. The van der Waals surface area contributed by atoms with E-state index in [1.165, 1.54) is 29.3 Å². The number of hydrazone groups is 1. The SMILES string of the molecule is CC1=NN(c2ccc([N+](=O)[O-])cc2)C(=O)/C1=C\c1ccccc1Cl. The van der Waals surface area contributed by atoms with Gasteiger partial charge in [0, 0.05) is 17.2 Å². The summed E-state index contributed by atoms with van der Waals surface area (Å²) in [7, 11) is 0. The Morgan fingerprint density at radius 3 is 2.46 bits per heavy atom. The zero-order valence-electron chi connectivity index (χ0n) is 12.6. The third kappa shape index (κ3) is 2.91. The van der Waals surface area contributed by atoms with Crippen molar-refractivity contribution in [2.24, 2.45) is 5.10 Å². The summed E-state index contributed by atoms with van der Waals surface area (Å²) < 4.78 is 0.